The Morgan fingerprint density at radius 2 is 2.29 bits per heavy atom. The van der Waals surface area contributed by atoms with Crippen LogP contribution in [0.25, 0.3) is 0 Å². The summed E-state index contributed by atoms with van der Waals surface area (Å²) in [6, 6.07) is 0. The lowest BCUT2D eigenvalue weighted by Gasteiger charge is -2.38. The van der Waals surface area contributed by atoms with E-state index in [1.54, 1.807) is 0 Å². The Balaban J connectivity index is 1.66. The van der Waals surface area contributed by atoms with Crippen molar-refractivity contribution < 1.29 is 9.90 Å². The number of allylic oxidation sites excluding steroid dienone is 1. The lowest BCUT2D eigenvalue weighted by Crippen LogP contribution is -2.47. The van der Waals surface area contributed by atoms with Gasteiger partial charge in [-0.25, -0.2) is 0 Å². The van der Waals surface area contributed by atoms with Gasteiger partial charge in [0.15, 0.2) is 0 Å². The van der Waals surface area contributed by atoms with Crippen molar-refractivity contribution in [2.24, 2.45) is 5.41 Å². The Morgan fingerprint density at radius 3 is 3.00 bits per heavy atom. The standard InChI is InChI=1S/C17H30N2O2/c1-17(14-20)9-5-11-19(13-17)12-16(21)18-10-8-15-6-3-2-4-7-15/h6,20H,2-5,7-14H2,1H3,(H,18,21). The van der Waals surface area contributed by atoms with Gasteiger partial charge in [0.2, 0.25) is 5.91 Å². The van der Waals surface area contributed by atoms with Crippen molar-refractivity contribution in [3.8, 4) is 0 Å². The molecule has 21 heavy (non-hydrogen) atoms. The van der Waals surface area contributed by atoms with Gasteiger partial charge >= 0.3 is 0 Å². The summed E-state index contributed by atoms with van der Waals surface area (Å²) in [5, 5.41) is 12.5. The van der Waals surface area contributed by atoms with Crippen molar-refractivity contribution in [2.75, 3.05) is 32.8 Å². The molecular formula is C17H30N2O2. The Labute approximate surface area is 128 Å². The van der Waals surface area contributed by atoms with Crippen LogP contribution in [0.5, 0.6) is 0 Å². The maximum atomic E-state index is 12.0. The second-order valence-electron chi connectivity index (χ2n) is 6.99. The highest BCUT2D eigenvalue weighted by atomic mass is 16.3. The predicted molar refractivity (Wildman–Crippen MR) is 85.0 cm³/mol. The van der Waals surface area contributed by atoms with Gasteiger partial charge in [0.1, 0.15) is 0 Å². The zero-order valence-corrected chi connectivity index (χ0v) is 13.4. The second kappa shape index (κ2) is 7.95. The van der Waals surface area contributed by atoms with Crippen LogP contribution in [0.2, 0.25) is 0 Å². The van der Waals surface area contributed by atoms with E-state index in [4.69, 9.17) is 0 Å². The molecule has 1 aliphatic heterocycles. The number of carbonyl (C=O) groups excluding carboxylic acids is 1. The first kappa shape index (κ1) is 16.5. The number of nitrogens with zero attached hydrogens (tertiary/aromatic N) is 1. The van der Waals surface area contributed by atoms with E-state index in [1.807, 2.05) is 0 Å². The maximum absolute atomic E-state index is 12.0. The number of rotatable bonds is 6. The van der Waals surface area contributed by atoms with E-state index in [-0.39, 0.29) is 17.9 Å². The zero-order chi connectivity index (χ0) is 15.1. The molecule has 1 aliphatic carbocycles. The van der Waals surface area contributed by atoms with Crippen LogP contribution in [-0.4, -0.2) is 48.7 Å². The van der Waals surface area contributed by atoms with E-state index in [1.165, 1.54) is 31.3 Å². The number of likely N-dealkylation sites (tertiary alicyclic amines) is 1. The van der Waals surface area contributed by atoms with Crippen LogP contribution < -0.4 is 5.32 Å². The van der Waals surface area contributed by atoms with Crippen LogP contribution in [0, 0.1) is 5.41 Å². The smallest absolute Gasteiger partial charge is 0.234 e. The lowest BCUT2D eigenvalue weighted by molar-refractivity contribution is -0.123. The minimum atomic E-state index is -0.0363. The molecule has 1 amide bonds. The number of aliphatic hydroxyl groups is 1. The number of nitrogens with one attached hydrogen (secondary N) is 1. The van der Waals surface area contributed by atoms with Crippen molar-refractivity contribution in [3.63, 3.8) is 0 Å². The summed E-state index contributed by atoms with van der Waals surface area (Å²) in [5.41, 5.74) is 1.47. The summed E-state index contributed by atoms with van der Waals surface area (Å²) in [6.45, 7) is 5.33. The summed E-state index contributed by atoms with van der Waals surface area (Å²) in [4.78, 5) is 14.2. The van der Waals surface area contributed by atoms with Gasteiger partial charge in [0.25, 0.3) is 0 Å². The minimum Gasteiger partial charge on any atom is -0.396 e. The van der Waals surface area contributed by atoms with Gasteiger partial charge in [0, 0.05) is 25.1 Å². The van der Waals surface area contributed by atoms with Crippen molar-refractivity contribution in [2.45, 2.75) is 51.9 Å². The Morgan fingerprint density at radius 1 is 1.43 bits per heavy atom. The second-order valence-corrected chi connectivity index (χ2v) is 6.99. The van der Waals surface area contributed by atoms with Crippen molar-refractivity contribution in [1.82, 2.24) is 10.2 Å². The van der Waals surface area contributed by atoms with Crippen LogP contribution in [0.3, 0.4) is 0 Å². The van der Waals surface area contributed by atoms with Gasteiger partial charge in [-0.15, -0.1) is 0 Å². The van der Waals surface area contributed by atoms with Crippen LogP contribution >= 0.6 is 0 Å². The molecule has 0 bridgehead atoms. The van der Waals surface area contributed by atoms with Gasteiger partial charge in [-0.2, -0.15) is 0 Å². The van der Waals surface area contributed by atoms with E-state index < -0.39 is 0 Å². The first-order valence-electron chi connectivity index (χ1n) is 8.39. The molecule has 2 aliphatic rings. The molecule has 0 radical (unpaired) electrons. The number of hydrogen-bond donors (Lipinski definition) is 2. The predicted octanol–water partition coefficient (Wildman–Crippen LogP) is 2.09. The average Bonchev–Trinajstić information content (AvgIpc) is 2.48. The number of piperidine rings is 1. The summed E-state index contributed by atoms with van der Waals surface area (Å²) < 4.78 is 0. The van der Waals surface area contributed by atoms with E-state index in [0.29, 0.717) is 6.54 Å². The molecule has 0 saturated carbocycles. The molecule has 1 atom stereocenters. The largest absolute Gasteiger partial charge is 0.396 e. The highest BCUT2D eigenvalue weighted by Gasteiger charge is 2.30. The Kier molecular flexibility index (Phi) is 6.24. The molecule has 4 nitrogen and oxygen atoms in total. The summed E-state index contributed by atoms with van der Waals surface area (Å²) >= 11 is 0. The zero-order valence-electron chi connectivity index (χ0n) is 13.4. The third-order valence-electron chi connectivity index (χ3n) is 4.76. The lowest BCUT2D eigenvalue weighted by atomic mass is 9.83. The van der Waals surface area contributed by atoms with E-state index in [0.717, 1.165) is 38.9 Å². The first-order valence-corrected chi connectivity index (χ1v) is 8.39. The van der Waals surface area contributed by atoms with E-state index in [9.17, 15) is 9.90 Å². The minimum absolute atomic E-state index is 0.0363. The average molecular weight is 294 g/mol. The monoisotopic (exact) mass is 294 g/mol. The molecule has 0 aromatic rings. The molecule has 1 saturated heterocycles. The molecule has 0 spiro atoms. The van der Waals surface area contributed by atoms with Crippen LogP contribution in [0.1, 0.15) is 51.9 Å². The number of amides is 1. The van der Waals surface area contributed by atoms with Crippen molar-refractivity contribution >= 4 is 5.91 Å². The van der Waals surface area contributed by atoms with Gasteiger partial charge in [0.05, 0.1) is 6.54 Å². The maximum Gasteiger partial charge on any atom is 0.234 e. The highest BCUT2D eigenvalue weighted by Crippen LogP contribution is 2.28. The number of carbonyl (C=O) groups is 1. The molecule has 0 aromatic heterocycles. The molecule has 2 N–H and O–H groups in total. The molecule has 1 fully saturated rings. The van der Waals surface area contributed by atoms with E-state index in [2.05, 4.69) is 23.2 Å². The SMILES string of the molecule is CC1(CO)CCCN(CC(=O)NCCC2=CCCCC2)C1. The molecule has 120 valence electrons. The topological polar surface area (TPSA) is 52.6 Å². The van der Waals surface area contributed by atoms with Gasteiger partial charge in [-0.3, -0.25) is 9.69 Å². The Hall–Kier alpha value is -0.870. The van der Waals surface area contributed by atoms with Crippen molar-refractivity contribution in [1.29, 1.82) is 0 Å². The molecule has 1 unspecified atom stereocenters. The van der Waals surface area contributed by atoms with Crippen LogP contribution in [0.4, 0.5) is 0 Å². The molecule has 4 heteroatoms. The quantitative estimate of drug-likeness (QED) is 0.738. The summed E-state index contributed by atoms with van der Waals surface area (Å²) in [5.74, 6) is 0.119. The van der Waals surface area contributed by atoms with Gasteiger partial charge in [-0.1, -0.05) is 18.6 Å². The van der Waals surface area contributed by atoms with Gasteiger partial charge < -0.3 is 10.4 Å². The normalized spacial score (nSPS) is 27.2. The molecule has 2 rings (SSSR count). The number of aliphatic hydroxyl groups excluding tert-OH is 1. The van der Waals surface area contributed by atoms with E-state index >= 15 is 0 Å². The van der Waals surface area contributed by atoms with Gasteiger partial charge in [-0.05, 0) is 51.5 Å². The molecular weight excluding hydrogens is 264 g/mol. The fourth-order valence-corrected chi connectivity index (χ4v) is 3.44. The third-order valence-corrected chi connectivity index (χ3v) is 4.76. The summed E-state index contributed by atoms with van der Waals surface area (Å²) in [6.07, 6.45) is 10.5. The molecule has 1 heterocycles. The fourth-order valence-electron chi connectivity index (χ4n) is 3.44. The third kappa shape index (κ3) is 5.44. The van der Waals surface area contributed by atoms with Crippen LogP contribution in [-0.2, 0) is 4.79 Å². The highest BCUT2D eigenvalue weighted by molar-refractivity contribution is 5.78. The van der Waals surface area contributed by atoms with Crippen molar-refractivity contribution in [3.05, 3.63) is 11.6 Å². The molecule has 0 aromatic carbocycles. The number of hydrogen-bond acceptors (Lipinski definition) is 3. The first-order chi connectivity index (χ1) is 10.1. The van der Waals surface area contributed by atoms with Crippen LogP contribution in [0.15, 0.2) is 11.6 Å². The summed E-state index contributed by atoms with van der Waals surface area (Å²) in [7, 11) is 0. The Bertz CT molecular complexity index is 381. The fraction of sp³-hybridized carbons (Fsp3) is 0.824.